The number of rotatable bonds is 6. The molecule has 142 valence electrons. The first kappa shape index (κ1) is 19.5. The molecular formula is C20H14Cl2N2O4. The Morgan fingerprint density at radius 2 is 1.00 bits per heavy atom. The Hall–Kier alpha value is -3.22. The summed E-state index contributed by atoms with van der Waals surface area (Å²) in [6.45, 7) is 0. The number of carboxylic acid groups (broad SMARTS) is 2. The number of carboxylic acids is 2. The summed E-state index contributed by atoms with van der Waals surface area (Å²) in [6.07, 6.45) is 0. The van der Waals surface area contributed by atoms with Gasteiger partial charge in [0.1, 0.15) is 0 Å². The Kier molecular flexibility index (Phi) is 5.73. The van der Waals surface area contributed by atoms with Crippen LogP contribution in [-0.2, 0) is 0 Å². The highest BCUT2D eigenvalue weighted by Crippen LogP contribution is 2.38. The Bertz CT molecular complexity index is 985. The van der Waals surface area contributed by atoms with E-state index < -0.39 is 11.9 Å². The molecule has 0 aliphatic carbocycles. The molecule has 0 aliphatic heterocycles. The van der Waals surface area contributed by atoms with Gasteiger partial charge in [-0.1, -0.05) is 47.5 Å². The predicted molar refractivity (Wildman–Crippen MR) is 110 cm³/mol. The highest BCUT2D eigenvalue weighted by atomic mass is 35.5. The molecule has 0 unspecified atom stereocenters. The SMILES string of the molecule is O=C(O)c1ccc(C(=O)O)c(Nc2ccccc2Cl)c1Nc1ccccc1Cl. The van der Waals surface area contributed by atoms with Crippen LogP contribution in [0.25, 0.3) is 0 Å². The Morgan fingerprint density at radius 1 is 0.643 bits per heavy atom. The van der Waals surface area contributed by atoms with Crippen LogP contribution in [0.1, 0.15) is 20.7 Å². The molecule has 3 rings (SSSR count). The van der Waals surface area contributed by atoms with Gasteiger partial charge < -0.3 is 20.8 Å². The number of carbonyl (C=O) groups is 2. The van der Waals surface area contributed by atoms with E-state index in [4.69, 9.17) is 23.2 Å². The molecule has 4 N–H and O–H groups in total. The first-order chi connectivity index (χ1) is 13.4. The summed E-state index contributed by atoms with van der Waals surface area (Å²) in [4.78, 5) is 23.6. The van der Waals surface area contributed by atoms with Gasteiger partial charge in [-0.15, -0.1) is 0 Å². The highest BCUT2D eigenvalue weighted by molar-refractivity contribution is 6.34. The van der Waals surface area contributed by atoms with Gasteiger partial charge in [0.05, 0.1) is 43.9 Å². The van der Waals surface area contributed by atoms with E-state index in [0.29, 0.717) is 21.4 Å². The second-order valence-corrected chi connectivity index (χ2v) is 6.55. The lowest BCUT2D eigenvalue weighted by Gasteiger charge is -2.19. The number of hydrogen-bond acceptors (Lipinski definition) is 4. The summed E-state index contributed by atoms with van der Waals surface area (Å²) in [5.41, 5.74) is 0.715. The summed E-state index contributed by atoms with van der Waals surface area (Å²) in [5.74, 6) is -2.46. The molecule has 0 saturated heterocycles. The van der Waals surface area contributed by atoms with E-state index in [9.17, 15) is 19.8 Å². The molecule has 0 bridgehead atoms. The van der Waals surface area contributed by atoms with Gasteiger partial charge in [-0.3, -0.25) is 0 Å². The van der Waals surface area contributed by atoms with E-state index in [-0.39, 0.29) is 22.5 Å². The van der Waals surface area contributed by atoms with Crippen molar-refractivity contribution in [1.29, 1.82) is 0 Å². The Balaban J connectivity index is 2.22. The smallest absolute Gasteiger partial charge is 0.337 e. The van der Waals surface area contributed by atoms with Crippen LogP contribution in [0, 0.1) is 0 Å². The van der Waals surface area contributed by atoms with Crippen molar-refractivity contribution in [3.8, 4) is 0 Å². The van der Waals surface area contributed by atoms with Crippen LogP contribution < -0.4 is 10.6 Å². The second kappa shape index (κ2) is 8.21. The van der Waals surface area contributed by atoms with E-state index >= 15 is 0 Å². The third kappa shape index (κ3) is 4.03. The number of aromatic carboxylic acids is 2. The minimum atomic E-state index is -1.23. The van der Waals surface area contributed by atoms with Gasteiger partial charge in [0.15, 0.2) is 0 Å². The third-order valence-electron chi connectivity index (χ3n) is 3.93. The quantitative estimate of drug-likeness (QED) is 0.400. The molecule has 28 heavy (non-hydrogen) atoms. The summed E-state index contributed by atoms with van der Waals surface area (Å²) >= 11 is 12.4. The zero-order valence-electron chi connectivity index (χ0n) is 14.2. The van der Waals surface area contributed by atoms with E-state index in [1.807, 2.05) is 0 Å². The minimum absolute atomic E-state index is 0.0559. The summed E-state index contributed by atoms with van der Waals surface area (Å²) < 4.78 is 0. The van der Waals surface area contributed by atoms with Crippen molar-refractivity contribution in [2.45, 2.75) is 0 Å². The van der Waals surface area contributed by atoms with E-state index in [1.165, 1.54) is 12.1 Å². The number of para-hydroxylation sites is 2. The van der Waals surface area contributed by atoms with Crippen molar-refractivity contribution in [1.82, 2.24) is 0 Å². The average molecular weight is 417 g/mol. The van der Waals surface area contributed by atoms with Gasteiger partial charge in [-0.2, -0.15) is 0 Å². The Morgan fingerprint density at radius 3 is 1.32 bits per heavy atom. The van der Waals surface area contributed by atoms with E-state index in [2.05, 4.69) is 10.6 Å². The number of halogens is 2. The topological polar surface area (TPSA) is 98.7 Å². The maximum absolute atomic E-state index is 11.8. The van der Waals surface area contributed by atoms with Gasteiger partial charge in [0, 0.05) is 0 Å². The molecule has 0 fully saturated rings. The standard InChI is InChI=1S/C20H14Cl2N2O4/c21-13-5-1-3-7-15(13)23-17-11(19(25)26)9-10-12(20(27)28)18(17)24-16-8-4-2-6-14(16)22/h1-10,23-24H,(H,25,26)(H,27,28). The largest absolute Gasteiger partial charge is 0.478 e. The third-order valence-corrected chi connectivity index (χ3v) is 4.59. The zero-order valence-corrected chi connectivity index (χ0v) is 15.8. The zero-order chi connectivity index (χ0) is 20.3. The fraction of sp³-hybridized carbons (Fsp3) is 0. The molecule has 0 saturated carbocycles. The van der Waals surface area contributed by atoms with Crippen molar-refractivity contribution < 1.29 is 19.8 Å². The van der Waals surface area contributed by atoms with Crippen molar-refractivity contribution in [3.05, 3.63) is 81.8 Å². The molecule has 0 radical (unpaired) electrons. The van der Waals surface area contributed by atoms with Gasteiger partial charge in [-0.05, 0) is 36.4 Å². The molecule has 0 heterocycles. The molecule has 0 atom stereocenters. The average Bonchev–Trinajstić information content (AvgIpc) is 2.65. The number of anilines is 4. The van der Waals surface area contributed by atoms with Gasteiger partial charge >= 0.3 is 11.9 Å². The van der Waals surface area contributed by atoms with Crippen LogP contribution >= 0.6 is 23.2 Å². The second-order valence-electron chi connectivity index (χ2n) is 5.73. The maximum atomic E-state index is 11.8. The summed E-state index contributed by atoms with van der Waals surface area (Å²) in [7, 11) is 0. The lowest BCUT2D eigenvalue weighted by atomic mass is 10.0. The molecule has 0 amide bonds. The van der Waals surface area contributed by atoms with Crippen LogP contribution in [0.3, 0.4) is 0 Å². The summed E-state index contributed by atoms with van der Waals surface area (Å²) in [6, 6.07) is 15.9. The van der Waals surface area contributed by atoms with Crippen LogP contribution in [-0.4, -0.2) is 22.2 Å². The fourth-order valence-electron chi connectivity index (χ4n) is 2.61. The Labute approximate surface area is 170 Å². The van der Waals surface area contributed by atoms with Gasteiger partial charge in [0.2, 0.25) is 0 Å². The molecule has 6 nitrogen and oxygen atoms in total. The van der Waals surface area contributed by atoms with E-state index in [1.54, 1.807) is 48.5 Å². The van der Waals surface area contributed by atoms with Crippen LogP contribution in [0.2, 0.25) is 10.0 Å². The highest BCUT2D eigenvalue weighted by Gasteiger charge is 2.22. The predicted octanol–water partition coefficient (Wildman–Crippen LogP) is 5.88. The van der Waals surface area contributed by atoms with Crippen molar-refractivity contribution in [3.63, 3.8) is 0 Å². The van der Waals surface area contributed by atoms with E-state index in [0.717, 1.165) is 0 Å². The van der Waals surface area contributed by atoms with Gasteiger partial charge in [0.25, 0.3) is 0 Å². The number of benzene rings is 3. The normalized spacial score (nSPS) is 10.4. The molecule has 0 spiro atoms. The van der Waals surface area contributed by atoms with Crippen LogP contribution in [0.4, 0.5) is 22.7 Å². The monoisotopic (exact) mass is 416 g/mol. The van der Waals surface area contributed by atoms with Crippen LogP contribution in [0.15, 0.2) is 60.7 Å². The molecule has 3 aromatic carbocycles. The fourth-order valence-corrected chi connectivity index (χ4v) is 2.98. The van der Waals surface area contributed by atoms with Crippen LogP contribution in [0.5, 0.6) is 0 Å². The number of nitrogens with one attached hydrogen (secondary N) is 2. The maximum Gasteiger partial charge on any atom is 0.337 e. The molecule has 0 aliphatic rings. The molecule has 0 aromatic heterocycles. The van der Waals surface area contributed by atoms with Crippen molar-refractivity contribution in [2.75, 3.05) is 10.6 Å². The summed E-state index contributed by atoms with van der Waals surface area (Å²) in [5, 5.41) is 25.8. The van der Waals surface area contributed by atoms with Crippen molar-refractivity contribution >= 4 is 57.9 Å². The first-order valence-corrected chi connectivity index (χ1v) is 8.80. The lowest BCUT2D eigenvalue weighted by Crippen LogP contribution is -2.11. The van der Waals surface area contributed by atoms with Gasteiger partial charge in [-0.25, -0.2) is 9.59 Å². The minimum Gasteiger partial charge on any atom is -0.478 e. The first-order valence-electron chi connectivity index (χ1n) is 8.05. The number of hydrogen-bond donors (Lipinski definition) is 4. The van der Waals surface area contributed by atoms with Crippen molar-refractivity contribution in [2.24, 2.45) is 0 Å². The molecule has 3 aromatic rings. The molecule has 8 heteroatoms. The lowest BCUT2D eigenvalue weighted by molar-refractivity contribution is 0.0683. The molecular weight excluding hydrogens is 403 g/mol.